The molecule has 1 heterocycles. The third kappa shape index (κ3) is 7.10. The summed E-state index contributed by atoms with van der Waals surface area (Å²) in [5.41, 5.74) is 0. The summed E-state index contributed by atoms with van der Waals surface area (Å²) >= 11 is 0. The molecule has 0 spiro atoms. The molecular formula is C13H24F3N3O2. The fraction of sp³-hybridized carbons (Fsp3) is 0.923. The first-order chi connectivity index (χ1) is 9.71. The number of nitrogens with one attached hydrogen (secondary N) is 1. The summed E-state index contributed by atoms with van der Waals surface area (Å²) in [7, 11) is 0. The molecule has 21 heavy (non-hydrogen) atoms. The largest absolute Gasteiger partial charge is 0.405 e. The normalized spacial score (nSPS) is 23.0. The summed E-state index contributed by atoms with van der Waals surface area (Å²) < 4.78 is 36.1. The highest BCUT2D eigenvalue weighted by molar-refractivity contribution is 5.78. The number of aliphatic hydroxyl groups is 1. The number of piperazine rings is 1. The zero-order valence-electron chi connectivity index (χ0n) is 12.5. The van der Waals surface area contributed by atoms with Gasteiger partial charge in [-0.1, -0.05) is 6.92 Å². The highest BCUT2D eigenvalue weighted by Gasteiger charge is 2.30. The molecular weight excluding hydrogens is 287 g/mol. The van der Waals surface area contributed by atoms with Gasteiger partial charge in [0, 0.05) is 32.2 Å². The number of carbonyl (C=O) groups excluding carboxylic acids is 1. The minimum Gasteiger partial charge on any atom is -0.392 e. The van der Waals surface area contributed by atoms with Gasteiger partial charge in [-0.15, -0.1) is 0 Å². The van der Waals surface area contributed by atoms with Gasteiger partial charge in [-0.2, -0.15) is 13.2 Å². The van der Waals surface area contributed by atoms with Crippen molar-refractivity contribution < 1.29 is 23.1 Å². The monoisotopic (exact) mass is 311 g/mol. The minimum atomic E-state index is -4.38. The maximum Gasteiger partial charge on any atom is 0.405 e. The number of alkyl halides is 3. The summed E-state index contributed by atoms with van der Waals surface area (Å²) in [5.74, 6) is -0.605. The first-order valence-electron chi connectivity index (χ1n) is 7.19. The first-order valence-corrected chi connectivity index (χ1v) is 7.19. The lowest BCUT2D eigenvalue weighted by Crippen LogP contribution is -2.56. The predicted molar refractivity (Wildman–Crippen MR) is 72.8 cm³/mol. The van der Waals surface area contributed by atoms with Crippen LogP contribution in [0.25, 0.3) is 0 Å². The Hall–Kier alpha value is -0.860. The number of carbonyl (C=O) groups is 1. The molecule has 1 fully saturated rings. The first kappa shape index (κ1) is 18.2. The maximum atomic E-state index is 12.0. The molecule has 0 aliphatic carbocycles. The van der Waals surface area contributed by atoms with Crippen LogP contribution >= 0.6 is 0 Å². The number of nitrogens with zero attached hydrogens (tertiary/aromatic N) is 2. The lowest BCUT2D eigenvalue weighted by molar-refractivity contribution is -0.139. The van der Waals surface area contributed by atoms with Crippen LogP contribution in [0.1, 0.15) is 20.3 Å². The van der Waals surface area contributed by atoms with Crippen molar-refractivity contribution in [3.63, 3.8) is 0 Å². The van der Waals surface area contributed by atoms with Gasteiger partial charge in [-0.25, -0.2) is 0 Å². The van der Waals surface area contributed by atoms with Gasteiger partial charge in [0.25, 0.3) is 0 Å². The summed E-state index contributed by atoms with van der Waals surface area (Å²) in [5, 5.41) is 11.3. The third-order valence-electron chi connectivity index (χ3n) is 3.51. The molecule has 2 N–H and O–H groups in total. The van der Waals surface area contributed by atoms with Gasteiger partial charge >= 0.3 is 6.18 Å². The number of rotatable bonds is 6. The molecule has 1 rings (SSSR count). The van der Waals surface area contributed by atoms with Crippen molar-refractivity contribution in [1.82, 2.24) is 15.1 Å². The van der Waals surface area contributed by atoms with Crippen LogP contribution in [0.5, 0.6) is 0 Å². The van der Waals surface area contributed by atoms with Crippen LogP contribution in [0.15, 0.2) is 0 Å². The Bertz CT molecular complexity index is 337. The van der Waals surface area contributed by atoms with E-state index < -0.39 is 24.7 Å². The van der Waals surface area contributed by atoms with E-state index in [-0.39, 0.29) is 12.6 Å². The van der Waals surface area contributed by atoms with Crippen LogP contribution in [-0.4, -0.2) is 78.4 Å². The van der Waals surface area contributed by atoms with E-state index in [4.69, 9.17) is 0 Å². The fourth-order valence-electron chi connectivity index (χ4n) is 2.53. The molecule has 0 aromatic heterocycles. The van der Waals surface area contributed by atoms with E-state index >= 15 is 0 Å². The highest BCUT2D eigenvalue weighted by Crippen LogP contribution is 2.14. The number of halogens is 3. The van der Waals surface area contributed by atoms with Crippen molar-refractivity contribution in [2.24, 2.45) is 0 Å². The molecule has 0 unspecified atom stereocenters. The third-order valence-corrected chi connectivity index (χ3v) is 3.51. The number of amides is 1. The van der Waals surface area contributed by atoms with Crippen LogP contribution in [-0.2, 0) is 4.79 Å². The van der Waals surface area contributed by atoms with Crippen molar-refractivity contribution in [3.8, 4) is 0 Å². The van der Waals surface area contributed by atoms with E-state index in [2.05, 4.69) is 4.90 Å². The van der Waals surface area contributed by atoms with Crippen molar-refractivity contribution in [1.29, 1.82) is 0 Å². The molecule has 0 aromatic carbocycles. The Morgan fingerprint density at radius 2 is 2.10 bits per heavy atom. The van der Waals surface area contributed by atoms with Gasteiger partial charge in [-0.05, 0) is 13.3 Å². The zero-order chi connectivity index (χ0) is 16.0. The number of hydrogen-bond donors (Lipinski definition) is 2. The van der Waals surface area contributed by atoms with Gasteiger partial charge in [0.15, 0.2) is 0 Å². The van der Waals surface area contributed by atoms with Crippen molar-refractivity contribution >= 4 is 5.91 Å². The van der Waals surface area contributed by atoms with Crippen LogP contribution in [0.2, 0.25) is 0 Å². The van der Waals surface area contributed by atoms with Crippen molar-refractivity contribution in [2.45, 2.75) is 38.6 Å². The lowest BCUT2D eigenvalue weighted by Gasteiger charge is -2.41. The summed E-state index contributed by atoms with van der Waals surface area (Å²) in [4.78, 5) is 15.5. The quantitative estimate of drug-likeness (QED) is 0.747. The van der Waals surface area contributed by atoms with Gasteiger partial charge in [-0.3, -0.25) is 14.6 Å². The Morgan fingerprint density at radius 3 is 2.62 bits per heavy atom. The smallest absolute Gasteiger partial charge is 0.392 e. The Labute approximate surface area is 123 Å². The van der Waals surface area contributed by atoms with Crippen LogP contribution in [0.3, 0.4) is 0 Å². The van der Waals surface area contributed by atoms with Crippen LogP contribution in [0, 0.1) is 0 Å². The number of hydrogen-bond acceptors (Lipinski definition) is 4. The molecule has 8 heteroatoms. The molecule has 1 aliphatic heterocycles. The van der Waals surface area contributed by atoms with E-state index in [1.165, 1.54) is 0 Å². The van der Waals surface area contributed by atoms with Crippen molar-refractivity contribution in [3.05, 3.63) is 0 Å². The summed E-state index contributed by atoms with van der Waals surface area (Å²) in [6, 6.07) is 0.212. The molecule has 0 saturated carbocycles. The average Bonchev–Trinajstić information content (AvgIpc) is 2.37. The van der Waals surface area contributed by atoms with E-state index in [1.807, 2.05) is 17.1 Å². The second-order valence-electron chi connectivity index (χ2n) is 5.53. The molecule has 0 aromatic rings. The SMILES string of the molecule is CC[C@@H]1CN(CC(=O)NCC(F)(F)F)CCN1C[C@@H](C)O. The van der Waals surface area contributed by atoms with Crippen LogP contribution < -0.4 is 5.32 Å². The lowest BCUT2D eigenvalue weighted by atomic mass is 10.1. The molecule has 0 radical (unpaired) electrons. The summed E-state index contributed by atoms with van der Waals surface area (Å²) in [6.45, 7) is 4.96. The second-order valence-corrected chi connectivity index (χ2v) is 5.53. The highest BCUT2D eigenvalue weighted by atomic mass is 19.4. The number of aliphatic hydroxyl groups excluding tert-OH is 1. The van der Waals surface area contributed by atoms with E-state index in [0.717, 1.165) is 6.42 Å². The Morgan fingerprint density at radius 1 is 1.43 bits per heavy atom. The molecule has 5 nitrogen and oxygen atoms in total. The van der Waals surface area contributed by atoms with Crippen molar-refractivity contribution in [2.75, 3.05) is 39.3 Å². The molecule has 124 valence electrons. The zero-order valence-corrected chi connectivity index (χ0v) is 12.5. The van der Waals surface area contributed by atoms with Gasteiger partial charge in [0.1, 0.15) is 6.54 Å². The van der Waals surface area contributed by atoms with Gasteiger partial charge in [0.2, 0.25) is 5.91 Å². The summed E-state index contributed by atoms with van der Waals surface area (Å²) in [6.07, 6.45) is -3.92. The molecule has 2 atom stereocenters. The Kier molecular flexibility index (Phi) is 6.89. The van der Waals surface area contributed by atoms with E-state index in [1.54, 1.807) is 6.92 Å². The average molecular weight is 311 g/mol. The van der Waals surface area contributed by atoms with E-state index in [9.17, 15) is 23.1 Å². The molecule has 1 saturated heterocycles. The standard InChI is InChI=1S/C13H24F3N3O2/c1-3-11-7-18(4-5-19(11)6-10(2)20)8-12(21)17-9-13(14,15)16/h10-11,20H,3-9H2,1-2H3,(H,17,21)/t10-,11-/m1/s1. The van der Waals surface area contributed by atoms with Gasteiger partial charge < -0.3 is 10.4 Å². The topological polar surface area (TPSA) is 55.8 Å². The number of β-amino-alcohol motifs (C(OH)–C–C–N with tert-alkyl or cyclic N) is 1. The maximum absolute atomic E-state index is 12.0. The second kappa shape index (κ2) is 7.95. The Balaban J connectivity index is 2.40. The molecule has 1 aliphatic rings. The molecule has 0 bridgehead atoms. The van der Waals surface area contributed by atoms with Gasteiger partial charge in [0.05, 0.1) is 12.6 Å². The fourth-order valence-corrected chi connectivity index (χ4v) is 2.53. The minimum absolute atomic E-state index is 0.0188. The molecule has 1 amide bonds. The van der Waals surface area contributed by atoms with Crippen LogP contribution in [0.4, 0.5) is 13.2 Å². The predicted octanol–water partition coefficient (Wildman–Crippen LogP) is 0.442. The van der Waals surface area contributed by atoms with E-state index in [0.29, 0.717) is 26.2 Å².